The fourth-order valence-corrected chi connectivity index (χ4v) is 6.92. The number of halogens is 3. The number of pyridine rings is 1. The molecule has 1 saturated carbocycles. The lowest BCUT2D eigenvalue weighted by Gasteiger charge is -2.35. The van der Waals surface area contributed by atoms with E-state index in [-0.39, 0.29) is 23.8 Å². The highest BCUT2D eigenvalue weighted by Gasteiger charge is 2.40. The molecule has 1 aliphatic heterocycles. The first-order valence-electron chi connectivity index (χ1n) is 15.7. The molecule has 2 unspecified atom stereocenters. The van der Waals surface area contributed by atoms with Gasteiger partial charge in [0, 0.05) is 53.6 Å². The first-order chi connectivity index (χ1) is 21.8. The van der Waals surface area contributed by atoms with Crippen LogP contribution in [0.3, 0.4) is 0 Å². The molecule has 2 fully saturated rings. The lowest BCUT2D eigenvalue weighted by atomic mass is 9.81. The van der Waals surface area contributed by atoms with Gasteiger partial charge in [0.05, 0.1) is 25.7 Å². The molecule has 2 aliphatic rings. The van der Waals surface area contributed by atoms with Crippen LogP contribution in [0, 0.1) is 12.8 Å². The summed E-state index contributed by atoms with van der Waals surface area (Å²) in [6.07, 6.45) is 6.22. The molecular weight excluding hydrogens is 633 g/mol. The van der Waals surface area contributed by atoms with Crippen molar-refractivity contribution in [1.82, 2.24) is 15.2 Å². The minimum atomic E-state index is -0.174. The van der Waals surface area contributed by atoms with Gasteiger partial charge < -0.3 is 24.4 Å². The second-order valence-electron chi connectivity index (χ2n) is 11.9. The highest BCUT2D eigenvalue weighted by atomic mass is 35.5. The largest absolute Gasteiger partial charge is 0.475 e. The van der Waals surface area contributed by atoms with Crippen LogP contribution >= 0.6 is 34.8 Å². The monoisotopic (exact) mass is 673 g/mol. The molecule has 1 saturated heterocycles. The molecule has 7 nitrogen and oxygen atoms in total. The lowest BCUT2D eigenvalue weighted by molar-refractivity contribution is -0.138. The number of rotatable bonds is 15. The Labute approximate surface area is 281 Å². The molecule has 0 bridgehead atoms. The second-order valence-corrected chi connectivity index (χ2v) is 13.1. The topological polar surface area (TPSA) is 72.9 Å². The van der Waals surface area contributed by atoms with Crippen LogP contribution < -0.4 is 10.1 Å². The molecule has 1 aliphatic carbocycles. The number of nitrogens with one attached hydrogen (secondary N) is 1. The number of hydrogen-bond acceptors (Lipinski definition) is 6. The Morgan fingerprint density at radius 1 is 0.956 bits per heavy atom. The number of nitrogens with zero attached hydrogens (tertiary/aromatic N) is 2. The molecule has 2 heterocycles. The summed E-state index contributed by atoms with van der Waals surface area (Å²) in [6, 6.07) is 14.1. The number of amides is 1. The van der Waals surface area contributed by atoms with Crippen LogP contribution in [0.2, 0.25) is 15.1 Å². The molecule has 0 radical (unpaired) electrons. The van der Waals surface area contributed by atoms with Gasteiger partial charge in [0.15, 0.2) is 0 Å². The molecule has 1 amide bonds. The average molecular weight is 675 g/mol. The van der Waals surface area contributed by atoms with E-state index in [9.17, 15) is 4.79 Å². The van der Waals surface area contributed by atoms with Gasteiger partial charge in [-0.05, 0) is 97.5 Å². The summed E-state index contributed by atoms with van der Waals surface area (Å²) in [5.74, 6) is 0.617. The van der Waals surface area contributed by atoms with Crippen molar-refractivity contribution in [2.75, 3.05) is 46.6 Å². The third-order valence-electron chi connectivity index (χ3n) is 8.56. The van der Waals surface area contributed by atoms with Crippen molar-refractivity contribution in [2.24, 2.45) is 5.92 Å². The summed E-state index contributed by atoms with van der Waals surface area (Å²) in [4.78, 5) is 20.7. The van der Waals surface area contributed by atoms with Crippen LogP contribution in [0.4, 0.5) is 0 Å². The minimum absolute atomic E-state index is 0.0776. The van der Waals surface area contributed by atoms with Crippen molar-refractivity contribution in [3.63, 3.8) is 0 Å². The Hall–Kier alpha value is -2.39. The predicted octanol–water partition coefficient (Wildman–Crippen LogP) is 7.06. The summed E-state index contributed by atoms with van der Waals surface area (Å²) in [6.45, 7) is 5.92. The molecule has 1 aromatic heterocycles. The third-order valence-corrected chi connectivity index (χ3v) is 9.61. The van der Waals surface area contributed by atoms with Crippen molar-refractivity contribution < 1.29 is 19.0 Å². The molecule has 5 rings (SSSR count). The summed E-state index contributed by atoms with van der Waals surface area (Å²) in [5, 5.41) is 5.47. The van der Waals surface area contributed by atoms with Crippen LogP contribution in [0.25, 0.3) is 0 Å². The number of aromatic nitrogens is 1. The molecule has 242 valence electrons. The van der Waals surface area contributed by atoms with Crippen LogP contribution in [-0.2, 0) is 33.7 Å². The lowest BCUT2D eigenvalue weighted by Crippen LogP contribution is -2.47. The smallest absolute Gasteiger partial charge is 0.228 e. The van der Waals surface area contributed by atoms with Crippen LogP contribution in [0.1, 0.15) is 53.0 Å². The Kier molecular flexibility index (Phi) is 12.4. The van der Waals surface area contributed by atoms with Gasteiger partial charge in [0.1, 0.15) is 6.61 Å². The maximum absolute atomic E-state index is 14.1. The molecule has 10 heteroatoms. The molecule has 2 atom stereocenters. The summed E-state index contributed by atoms with van der Waals surface area (Å²) in [7, 11) is 1.70. The van der Waals surface area contributed by atoms with E-state index < -0.39 is 0 Å². The van der Waals surface area contributed by atoms with E-state index in [2.05, 4.69) is 21.3 Å². The van der Waals surface area contributed by atoms with Gasteiger partial charge in [-0.25, -0.2) is 4.98 Å². The van der Waals surface area contributed by atoms with Crippen molar-refractivity contribution in [3.8, 4) is 5.88 Å². The molecule has 0 spiro atoms. The number of methoxy groups -OCH3 is 1. The zero-order valence-electron chi connectivity index (χ0n) is 26.0. The van der Waals surface area contributed by atoms with Crippen LogP contribution in [0.15, 0.2) is 48.7 Å². The van der Waals surface area contributed by atoms with Crippen LogP contribution in [0.5, 0.6) is 5.88 Å². The first kappa shape index (κ1) is 34.0. The van der Waals surface area contributed by atoms with E-state index in [1.54, 1.807) is 7.11 Å². The van der Waals surface area contributed by atoms with Gasteiger partial charge in [-0.3, -0.25) is 4.79 Å². The average Bonchev–Trinajstić information content (AvgIpc) is 3.88. The molecular formula is C35H42Cl3N3O4. The van der Waals surface area contributed by atoms with Gasteiger partial charge in [-0.15, -0.1) is 0 Å². The SMILES string of the molecule is COCCc1ccc(Cl)c(CN(C(=O)C2CNCCC2c2ccc(OCCOCCc3c(Cl)cc(C)cc3Cl)nc2)C2CC2)c1. The van der Waals surface area contributed by atoms with Crippen molar-refractivity contribution in [1.29, 1.82) is 0 Å². The van der Waals surface area contributed by atoms with Gasteiger partial charge in [-0.2, -0.15) is 0 Å². The number of ether oxygens (including phenoxy) is 3. The van der Waals surface area contributed by atoms with Crippen molar-refractivity contribution in [3.05, 3.63) is 91.5 Å². The van der Waals surface area contributed by atoms with E-state index in [1.165, 1.54) is 0 Å². The number of benzene rings is 2. The van der Waals surface area contributed by atoms with Gasteiger partial charge in [-0.1, -0.05) is 53.0 Å². The Morgan fingerprint density at radius 2 is 1.76 bits per heavy atom. The fourth-order valence-electron chi connectivity index (χ4n) is 5.96. The number of hydrogen-bond donors (Lipinski definition) is 1. The van der Waals surface area contributed by atoms with E-state index in [0.717, 1.165) is 60.0 Å². The predicted molar refractivity (Wildman–Crippen MR) is 180 cm³/mol. The van der Waals surface area contributed by atoms with Gasteiger partial charge in [0.2, 0.25) is 11.8 Å². The van der Waals surface area contributed by atoms with E-state index in [1.807, 2.05) is 49.5 Å². The number of piperidine rings is 1. The Balaban J connectivity index is 1.15. The maximum Gasteiger partial charge on any atom is 0.228 e. The van der Waals surface area contributed by atoms with Crippen molar-refractivity contribution >= 4 is 40.7 Å². The zero-order valence-corrected chi connectivity index (χ0v) is 28.3. The molecule has 45 heavy (non-hydrogen) atoms. The zero-order chi connectivity index (χ0) is 31.8. The first-order valence-corrected chi connectivity index (χ1v) is 16.9. The maximum atomic E-state index is 14.1. The van der Waals surface area contributed by atoms with E-state index >= 15 is 0 Å². The van der Waals surface area contributed by atoms with Gasteiger partial charge in [0.25, 0.3) is 0 Å². The normalized spacial score (nSPS) is 18.2. The quantitative estimate of drug-likeness (QED) is 0.174. The number of carbonyl (C=O) groups is 1. The molecule has 2 aromatic carbocycles. The number of carbonyl (C=O) groups excluding carboxylic acids is 1. The molecule has 1 N–H and O–H groups in total. The highest BCUT2D eigenvalue weighted by molar-refractivity contribution is 6.36. The third kappa shape index (κ3) is 9.34. The highest BCUT2D eigenvalue weighted by Crippen LogP contribution is 2.37. The van der Waals surface area contributed by atoms with Gasteiger partial charge >= 0.3 is 0 Å². The fraction of sp³-hybridized carbons (Fsp3) is 0.486. The van der Waals surface area contributed by atoms with Crippen LogP contribution in [-0.4, -0.2) is 68.5 Å². The summed E-state index contributed by atoms with van der Waals surface area (Å²) in [5.41, 5.74) is 5.13. The van der Waals surface area contributed by atoms with E-state index in [4.69, 9.17) is 49.0 Å². The summed E-state index contributed by atoms with van der Waals surface area (Å²) < 4.78 is 16.8. The summed E-state index contributed by atoms with van der Waals surface area (Å²) >= 11 is 19.3. The standard InChI is InChI=1S/C35H42Cl3N3O4/c1-23-17-32(37)29(33(38)18-23)11-14-44-15-16-45-34-8-4-25(20-40-34)28-9-12-39-21-30(28)35(42)41(27-5-6-27)22-26-19-24(10-13-43-2)3-7-31(26)36/h3-4,7-8,17-20,27-28,30,39H,5-6,9-16,21-22H2,1-2H3. The Bertz CT molecular complexity index is 1410. The second kappa shape index (κ2) is 16.4. The van der Waals surface area contributed by atoms with E-state index in [0.29, 0.717) is 66.9 Å². The molecule has 3 aromatic rings. The Morgan fingerprint density at radius 3 is 2.47 bits per heavy atom. The minimum Gasteiger partial charge on any atom is -0.475 e. The van der Waals surface area contributed by atoms with Crippen molar-refractivity contribution in [2.45, 2.75) is 57.5 Å². The number of aryl methyl sites for hydroxylation is 1.